The van der Waals surface area contributed by atoms with Gasteiger partial charge in [-0.2, -0.15) is 0 Å². The van der Waals surface area contributed by atoms with Crippen LogP contribution in [0.15, 0.2) is 119 Å². The largest absolute Gasteiger partial charge is 0.355 e. The Bertz CT molecular complexity index is 1620. The Kier molecular flexibility index (Phi) is 10.8. The van der Waals surface area contributed by atoms with Crippen LogP contribution in [0.2, 0.25) is 5.02 Å². The first kappa shape index (κ1) is 31.3. The smallest absolute Gasteiger partial charge is 0.264 e. The SMILES string of the molecule is CCNC(=O)[C@H](Cc1ccccc1)N(Cc1cccc(Cl)c1)C(=O)CN(c1cccc(Br)c1)S(=O)(=O)c1ccccc1. The minimum Gasteiger partial charge on any atom is -0.355 e. The van der Waals surface area contributed by atoms with Gasteiger partial charge in [-0.1, -0.05) is 94.3 Å². The number of carbonyl (C=O) groups excluding carboxylic acids is 2. The number of rotatable bonds is 12. The highest BCUT2D eigenvalue weighted by atomic mass is 79.9. The van der Waals surface area contributed by atoms with E-state index in [9.17, 15) is 18.0 Å². The molecular formula is C32H31BrClN3O4S. The van der Waals surface area contributed by atoms with Crippen LogP contribution in [0.25, 0.3) is 0 Å². The number of carbonyl (C=O) groups is 2. The Morgan fingerprint density at radius 1 is 0.857 bits per heavy atom. The van der Waals surface area contributed by atoms with Crippen LogP contribution in [-0.2, 0) is 32.6 Å². The second-order valence-electron chi connectivity index (χ2n) is 9.56. The van der Waals surface area contributed by atoms with Crippen LogP contribution in [0.4, 0.5) is 5.69 Å². The third-order valence-corrected chi connectivity index (χ3v) is 9.09. The summed E-state index contributed by atoms with van der Waals surface area (Å²) >= 11 is 9.68. The van der Waals surface area contributed by atoms with Gasteiger partial charge in [0.1, 0.15) is 12.6 Å². The number of amides is 2. The van der Waals surface area contributed by atoms with Gasteiger partial charge in [-0.15, -0.1) is 0 Å². The summed E-state index contributed by atoms with van der Waals surface area (Å²) < 4.78 is 29.6. The summed E-state index contributed by atoms with van der Waals surface area (Å²) in [5.41, 5.74) is 1.87. The van der Waals surface area contributed by atoms with E-state index in [2.05, 4.69) is 21.2 Å². The van der Waals surface area contributed by atoms with Crippen LogP contribution < -0.4 is 9.62 Å². The topological polar surface area (TPSA) is 86.8 Å². The van der Waals surface area contributed by atoms with Crippen LogP contribution in [0.1, 0.15) is 18.1 Å². The zero-order valence-corrected chi connectivity index (χ0v) is 26.1. The molecule has 10 heteroatoms. The van der Waals surface area contributed by atoms with Crippen LogP contribution in [-0.4, -0.2) is 44.3 Å². The molecule has 4 rings (SSSR count). The van der Waals surface area contributed by atoms with Crippen molar-refractivity contribution in [2.45, 2.75) is 30.8 Å². The number of anilines is 1. The van der Waals surface area contributed by atoms with Crippen LogP contribution in [0.3, 0.4) is 0 Å². The van der Waals surface area contributed by atoms with Gasteiger partial charge in [0.2, 0.25) is 11.8 Å². The van der Waals surface area contributed by atoms with Gasteiger partial charge < -0.3 is 10.2 Å². The van der Waals surface area contributed by atoms with Crippen molar-refractivity contribution in [3.05, 3.63) is 130 Å². The summed E-state index contributed by atoms with van der Waals surface area (Å²) in [6.45, 7) is 1.70. The van der Waals surface area contributed by atoms with Gasteiger partial charge in [0.05, 0.1) is 10.6 Å². The van der Waals surface area contributed by atoms with Gasteiger partial charge in [0.15, 0.2) is 0 Å². The van der Waals surface area contributed by atoms with Crippen LogP contribution in [0, 0.1) is 0 Å². The molecule has 0 heterocycles. The minimum absolute atomic E-state index is 0.0451. The predicted octanol–water partition coefficient (Wildman–Crippen LogP) is 6.07. The normalized spacial score (nSPS) is 11.9. The van der Waals surface area contributed by atoms with E-state index in [1.165, 1.54) is 17.0 Å². The predicted molar refractivity (Wildman–Crippen MR) is 170 cm³/mol. The summed E-state index contributed by atoms with van der Waals surface area (Å²) in [5.74, 6) is -0.877. The number of benzene rings is 4. The number of likely N-dealkylation sites (N-methyl/N-ethyl adjacent to an activating group) is 1. The number of nitrogens with one attached hydrogen (secondary N) is 1. The summed E-state index contributed by atoms with van der Waals surface area (Å²) in [7, 11) is -4.15. The van der Waals surface area contributed by atoms with E-state index in [1.54, 1.807) is 60.7 Å². The molecule has 0 bridgehead atoms. The molecule has 0 radical (unpaired) electrons. The van der Waals surface area contributed by atoms with Gasteiger partial charge >= 0.3 is 0 Å². The van der Waals surface area contributed by atoms with Crippen molar-refractivity contribution >= 4 is 55.1 Å². The fourth-order valence-corrected chi connectivity index (χ4v) is 6.58. The molecule has 0 fully saturated rings. The zero-order chi connectivity index (χ0) is 30.1. The molecule has 218 valence electrons. The lowest BCUT2D eigenvalue weighted by Gasteiger charge is -2.34. The average molecular weight is 669 g/mol. The first-order chi connectivity index (χ1) is 20.2. The first-order valence-electron chi connectivity index (χ1n) is 13.4. The number of hydrogen-bond donors (Lipinski definition) is 1. The van der Waals surface area contributed by atoms with Crippen molar-refractivity contribution in [1.29, 1.82) is 0 Å². The Labute approximate surface area is 260 Å². The summed E-state index contributed by atoms with van der Waals surface area (Å²) in [6.07, 6.45) is 0.237. The van der Waals surface area contributed by atoms with Crippen molar-refractivity contribution in [3.63, 3.8) is 0 Å². The maximum absolute atomic E-state index is 14.3. The molecule has 4 aromatic rings. The maximum atomic E-state index is 14.3. The molecule has 0 aliphatic rings. The van der Waals surface area contributed by atoms with E-state index in [0.717, 1.165) is 9.87 Å². The highest BCUT2D eigenvalue weighted by Crippen LogP contribution is 2.27. The molecule has 2 amide bonds. The van der Waals surface area contributed by atoms with Gasteiger partial charge in [-0.05, 0) is 60.5 Å². The van der Waals surface area contributed by atoms with Crippen molar-refractivity contribution in [2.24, 2.45) is 0 Å². The summed E-state index contributed by atoms with van der Waals surface area (Å²) in [4.78, 5) is 29.3. The summed E-state index contributed by atoms with van der Waals surface area (Å²) in [5, 5.41) is 3.34. The van der Waals surface area contributed by atoms with E-state index in [1.807, 2.05) is 43.3 Å². The highest BCUT2D eigenvalue weighted by Gasteiger charge is 2.34. The second-order valence-corrected chi connectivity index (χ2v) is 12.8. The molecule has 0 aliphatic heterocycles. The standard InChI is InChI=1S/C32H31BrClN3O4S/c1-2-35-32(39)30(20-24-11-5-3-6-12-24)36(22-25-13-9-15-27(34)19-25)31(38)23-37(28-16-10-14-26(33)21-28)42(40,41)29-17-7-4-8-18-29/h3-19,21,30H,2,20,22-23H2,1H3,(H,35,39)/t30-/m0/s1. The monoisotopic (exact) mass is 667 g/mol. The van der Waals surface area contributed by atoms with Crippen LogP contribution in [0.5, 0.6) is 0 Å². The number of sulfonamides is 1. The Morgan fingerprint density at radius 2 is 1.50 bits per heavy atom. The number of halogens is 2. The minimum atomic E-state index is -4.15. The molecular weight excluding hydrogens is 638 g/mol. The van der Waals surface area contributed by atoms with Gasteiger partial charge in [-0.3, -0.25) is 13.9 Å². The van der Waals surface area contributed by atoms with Crippen molar-refractivity contribution in [3.8, 4) is 0 Å². The lowest BCUT2D eigenvalue weighted by molar-refractivity contribution is -0.140. The number of hydrogen-bond acceptors (Lipinski definition) is 4. The maximum Gasteiger partial charge on any atom is 0.264 e. The highest BCUT2D eigenvalue weighted by molar-refractivity contribution is 9.10. The number of nitrogens with zero attached hydrogens (tertiary/aromatic N) is 2. The van der Waals surface area contributed by atoms with Crippen molar-refractivity contribution in [1.82, 2.24) is 10.2 Å². The zero-order valence-electron chi connectivity index (χ0n) is 23.0. The molecule has 1 atom stereocenters. The lowest BCUT2D eigenvalue weighted by Crippen LogP contribution is -2.53. The molecule has 0 saturated heterocycles. The van der Waals surface area contributed by atoms with E-state index in [0.29, 0.717) is 27.3 Å². The second kappa shape index (κ2) is 14.5. The van der Waals surface area contributed by atoms with Gasteiger partial charge in [0.25, 0.3) is 10.0 Å². The van der Waals surface area contributed by atoms with Crippen molar-refractivity contribution < 1.29 is 18.0 Å². The fraction of sp³-hybridized carbons (Fsp3) is 0.188. The third kappa shape index (κ3) is 8.00. The third-order valence-electron chi connectivity index (χ3n) is 6.57. The molecule has 0 aromatic heterocycles. The summed E-state index contributed by atoms with van der Waals surface area (Å²) in [6, 6.07) is 30.2. The Morgan fingerprint density at radius 3 is 2.14 bits per heavy atom. The molecule has 1 N–H and O–H groups in total. The van der Waals surface area contributed by atoms with Crippen LogP contribution >= 0.6 is 27.5 Å². The molecule has 7 nitrogen and oxygen atoms in total. The van der Waals surface area contributed by atoms with E-state index in [-0.39, 0.29) is 23.8 Å². The quantitative estimate of drug-likeness (QED) is 0.199. The molecule has 0 unspecified atom stereocenters. The molecule has 0 aliphatic carbocycles. The van der Waals surface area contributed by atoms with E-state index >= 15 is 0 Å². The van der Waals surface area contributed by atoms with E-state index in [4.69, 9.17) is 11.6 Å². The molecule has 0 spiro atoms. The molecule has 42 heavy (non-hydrogen) atoms. The Balaban J connectivity index is 1.79. The molecule has 0 saturated carbocycles. The first-order valence-corrected chi connectivity index (χ1v) is 16.0. The fourth-order valence-electron chi connectivity index (χ4n) is 4.56. The van der Waals surface area contributed by atoms with Gasteiger partial charge in [-0.25, -0.2) is 8.42 Å². The average Bonchev–Trinajstić information content (AvgIpc) is 2.98. The molecule has 4 aromatic carbocycles. The van der Waals surface area contributed by atoms with Crippen molar-refractivity contribution in [2.75, 3.05) is 17.4 Å². The van der Waals surface area contributed by atoms with E-state index < -0.39 is 28.5 Å². The lowest BCUT2D eigenvalue weighted by atomic mass is 10.0. The van der Waals surface area contributed by atoms with Gasteiger partial charge in [0, 0.05) is 29.0 Å². The Hall–Kier alpha value is -3.66.